The Morgan fingerprint density at radius 3 is 2.48 bits per heavy atom. The average Bonchev–Trinajstić information content (AvgIpc) is 2.94. The van der Waals surface area contributed by atoms with Gasteiger partial charge in [-0.15, -0.1) is 0 Å². The van der Waals surface area contributed by atoms with E-state index in [0.717, 1.165) is 31.7 Å². The van der Waals surface area contributed by atoms with Crippen molar-refractivity contribution in [2.24, 2.45) is 0 Å². The van der Waals surface area contributed by atoms with Gasteiger partial charge in [-0.2, -0.15) is 0 Å². The van der Waals surface area contributed by atoms with E-state index in [1.807, 2.05) is 0 Å². The first-order chi connectivity index (χ1) is 11.3. The molecule has 0 bridgehead atoms. The number of benzene rings is 1. The zero-order valence-corrected chi connectivity index (χ0v) is 14.5. The van der Waals surface area contributed by atoms with Crippen LogP contribution in [0.4, 0.5) is 11.4 Å². The second-order valence-electron chi connectivity index (χ2n) is 6.42. The van der Waals surface area contributed by atoms with Gasteiger partial charge in [0.2, 0.25) is 0 Å². The molecule has 2 saturated heterocycles. The fourth-order valence-corrected chi connectivity index (χ4v) is 3.47. The van der Waals surface area contributed by atoms with Crippen LogP contribution in [0.1, 0.15) is 38.5 Å². The van der Waals surface area contributed by atoms with Crippen molar-refractivity contribution in [1.29, 1.82) is 0 Å². The molecule has 0 aliphatic carbocycles. The maximum atomic E-state index is 5.59. The molecule has 0 spiro atoms. The molecule has 126 valence electrons. The molecule has 0 saturated carbocycles. The molecular weight excluding hydrogens is 306 g/mol. The summed E-state index contributed by atoms with van der Waals surface area (Å²) in [7, 11) is 0. The van der Waals surface area contributed by atoms with E-state index >= 15 is 0 Å². The van der Waals surface area contributed by atoms with Crippen molar-refractivity contribution in [3.8, 4) is 0 Å². The van der Waals surface area contributed by atoms with Crippen LogP contribution < -0.4 is 15.5 Å². The highest BCUT2D eigenvalue weighted by Crippen LogP contribution is 2.21. The van der Waals surface area contributed by atoms with Gasteiger partial charge in [0.25, 0.3) is 0 Å². The van der Waals surface area contributed by atoms with Crippen molar-refractivity contribution in [1.82, 2.24) is 5.32 Å². The predicted molar refractivity (Wildman–Crippen MR) is 100 cm³/mol. The number of thiocarbonyl (C=S) groups is 1. The van der Waals surface area contributed by atoms with Gasteiger partial charge in [0.05, 0.1) is 6.10 Å². The topological polar surface area (TPSA) is 36.5 Å². The smallest absolute Gasteiger partial charge is 0.170 e. The van der Waals surface area contributed by atoms with Crippen molar-refractivity contribution in [2.75, 3.05) is 36.5 Å². The fourth-order valence-electron chi connectivity index (χ4n) is 3.27. The van der Waals surface area contributed by atoms with Gasteiger partial charge in [0, 0.05) is 37.6 Å². The van der Waals surface area contributed by atoms with Crippen LogP contribution in [0.3, 0.4) is 0 Å². The number of nitrogens with zero attached hydrogens (tertiary/aromatic N) is 1. The first-order valence-electron chi connectivity index (χ1n) is 8.83. The van der Waals surface area contributed by atoms with Gasteiger partial charge in [-0.25, -0.2) is 0 Å². The lowest BCUT2D eigenvalue weighted by Gasteiger charge is -2.23. The standard InChI is InChI=1S/C18H27N3OS/c23-18(19-14-17-6-5-13-22-17)20-15-7-9-16(10-8-15)21-11-3-1-2-4-12-21/h7-10,17H,1-6,11-14H2,(H2,19,20,23)/t17-/m0/s1. The van der Waals surface area contributed by atoms with Crippen LogP contribution >= 0.6 is 12.2 Å². The highest BCUT2D eigenvalue weighted by Gasteiger charge is 2.15. The van der Waals surface area contributed by atoms with Crippen molar-refractivity contribution in [3.05, 3.63) is 24.3 Å². The van der Waals surface area contributed by atoms with Gasteiger partial charge in [0.1, 0.15) is 0 Å². The molecule has 5 heteroatoms. The number of hydrogen-bond donors (Lipinski definition) is 2. The maximum absolute atomic E-state index is 5.59. The molecule has 2 aliphatic rings. The van der Waals surface area contributed by atoms with Crippen LogP contribution in [0.15, 0.2) is 24.3 Å². The summed E-state index contributed by atoms with van der Waals surface area (Å²) in [6, 6.07) is 8.60. The summed E-state index contributed by atoms with van der Waals surface area (Å²) < 4.78 is 5.59. The number of hydrogen-bond acceptors (Lipinski definition) is 3. The summed E-state index contributed by atoms with van der Waals surface area (Å²) in [6.45, 7) is 4.02. The monoisotopic (exact) mass is 333 g/mol. The van der Waals surface area contributed by atoms with Crippen LogP contribution in [0, 0.1) is 0 Å². The largest absolute Gasteiger partial charge is 0.376 e. The fraction of sp³-hybridized carbons (Fsp3) is 0.611. The third kappa shape index (κ3) is 5.08. The molecule has 2 fully saturated rings. The Kier molecular flexibility index (Phi) is 6.11. The molecule has 1 aromatic rings. The van der Waals surface area contributed by atoms with Crippen LogP contribution in [0.2, 0.25) is 0 Å². The zero-order chi connectivity index (χ0) is 15.9. The van der Waals surface area contributed by atoms with Gasteiger partial charge in [0.15, 0.2) is 5.11 Å². The van der Waals surface area contributed by atoms with Crippen LogP contribution in [-0.2, 0) is 4.74 Å². The van der Waals surface area contributed by atoms with Crippen molar-refractivity contribution in [3.63, 3.8) is 0 Å². The van der Waals surface area contributed by atoms with Gasteiger partial charge in [-0.3, -0.25) is 0 Å². The zero-order valence-electron chi connectivity index (χ0n) is 13.7. The Labute approximate surface area is 144 Å². The average molecular weight is 334 g/mol. The Bertz CT molecular complexity index is 491. The van der Waals surface area contributed by atoms with E-state index in [0.29, 0.717) is 11.2 Å². The molecule has 0 radical (unpaired) electrons. The molecule has 0 aromatic heterocycles. The molecule has 3 rings (SSSR count). The summed E-state index contributed by atoms with van der Waals surface area (Å²) in [5.41, 5.74) is 2.35. The normalized spacial score (nSPS) is 21.7. The molecule has 4 nitrogen and oxygen atoms in total. The summed E-state index contributed by atoms with van der Waals surface area (Å²) in [6.07, 6.45) is 7.92. The van der Waals surface area contributed by atoms with Gasteiger partial charge in [-0.05, 0) is 62.2 Å². The Morgan fingerprint density at radius 2 is 1.83 bits per heavy atom. The van der Waals surface area contributed by atoms with Gasteiger partial charge in [-0.1, -0.05) is 12.8 Å². The Morgan fingerprint density at radius 1 is 1.09 bits per heavy atom. The molecule has 23 heavy (non-hydrogen) atoms. The summed E-state index contributed by atoms with van der Waals surface area (Å²) >= 11 is 5.36. The predicted octanol–water partition coefficient (Wildman–Crippen LogP) is 3.53. The minimum atomic E-state index is 0.306. The molecule has 2 aliphatic heterocycles. The minimum Gasteiger partial charge on any atom is -0.376 e. The van der Waals surface area contributed by atoms with E-state index in [2.05, 4.69) is 39.8 Å². The van der Waals surface area contributed by atoms with Crippen LogP contribution in [0.25, 0.3) is 0 Å². The number of anilines is 2. The molecule has 1 aromatic carbocycles. The van der Waals surface area contributed by atoms with Crippen molar-refractivity contribution < 1.29 is 4.74 Å². The Hall–Kier alpha value is -1.33. The van der Waals surface area contributed by atoms with E-state index in [9.17, 15) is 0 Å². The highest BCUT2D eigenvalue weighted by molar-refractivity contribution is 7.80. The molecule has 0 unspecified atom stereocenters. The lowest BCUT2D eigenvalue weighted by molar-refractivity contribution is 0.114. The van der Waals surface area contributed by atoms with E-state index in [-0.39, 0.29) is 0 Å². The molecule has 2 N–H and O–H groups in total. The van der Waals surface area contributed by atoms with Gasteiger partial charge >= 0.3 is 0 Å². The highest BCUT2D eigenvalue weighted by atomic mass is 32.1. The molecular formula is C18H27N3OS. The molecule has 2 heterocycles. The number of ether oxygens (including phenoxy) is 1. The second kappa shape index (κ2) is 8.50. The minimum absolute atomic E-state index is 0.306. The quantitative estimate of drug-likeness (QED) is 0.825. The van der Waals surface area contributed by atoms with E-state index < -0.39 is 0 Å². The third-order valence-electron chi connectivity index (χ3n) is 4.61. The third-order valence-corrected chi connectivity index (χ3v) is 4.86. The van der Waals surface area contributed by atoms with E-state index in [1.54, 1.807) is 0 Å². The first kappa shape index (κ1) is 16.5. The second-order valence-corrected chi connectivity index (χ2v) is 6.83. The first-order valence-corrected chi connectivity index (χ1v) is 9.23. The van der Waals surface area contributed by atoms with Gasteiger partial charge < -0.3 is 20.3 Å². The van der Waals surface area contributed by atoms with Crippen LogP contribution in [0.5, 0.6) is 0 Å². The van der Waals surface area contributed by atoms with E-state index in [4.69, 9.17) is 17.0 Å². The molecule has 0 amide bonds. The number of nitrogens with one attached hydrogen (secondary N) is 2. The molecule has 1 atom stereocenters. The lowest BCUT2D eigenvalue weighted by atomic mass is 10.2. The van der Waals surface area contributed by atoms with Crippen molar-refractivity contribution >= 4 is 28.7 Å². The van der Waals surface area contributed by atoms with Crippen molar-refractivity contribution in [2.45, 2.75) is 44.6 Å². The summed E-state index contributed by atoms with van der Waals surface area (Å²) in [4.78, 5) is 2.49. The maximum Gasteiger partial charge on any atom is 0.170 e. The Balaban J connectivity index is 1.47. The summed E-state index contributed by atoms with van der Waals surface area (Å²) in [5.74, 6) is 0. The number of rotatable bonds is 4. The lowest BCUT2D eigenvalue weighted by Crippen LogP contribution is -2.34. The van der Waals surface area contributed by atoms with E-state index in [1.165, 1.54) is 44.5 Å². The summed E-state index contributed by atoms with van der Waals surface area (Å²) in [5, 5.41) is 7.17. The van der Waals surface area contributed by atoms with Crippen LogP contribution in [-0.4, -0.2) is 37.5 Å². The SMILES string of the molecule is S=C(NC[C@@H]1CCCO1)Nc1ccc(N2CCCCCC2)cc1.